The molecule has 0 amide bonds. The number of hydrogen-bond donors (Lipinski definition) is 1. The Labute approximate surface area is 94.5 Å². The third-order valence-corrected chi connectivity index (χ3v) is 2.95. The topological polar surface area (TPSA) is 59.3 Å². The Bertz CT molecular complexity index is 472. The van der Waals surface area contributed by atoms with E-state index in [1.807, 2.05) is 20.8 Å². The summed E-state index contributed by atoms with van der Waals surface area (Å²) in [6, 6.07) is 1.19. The van der Waals surface area contributed by atoms with Gasteiger partial charge in [0.1, 0.15) is 0 Å². The zero-order valence-electron chi connectivity index (χ0n) is 10.1. The number of nitrogens with zero attached hydrogens (tertiary/aromatic N) is 1. The van der Waals surface area contributed by atoms with Gasteiger partial charge in [-0.1, -0.05) is 20.8 Å². The van der Waals surface area contributed by atoms with E-state index in [9.17, 15) is 14.7 Å². The van der Waals surface area contributed by atoms with Gasteiger partial charge < -0.3 is 9.67 Å². The highest BCUT2D eigenvalue weighted by molar-refractivity contribution is 5.98. The van der Waals surface area contributed by atoms with Crippen LogP contribution in [0.1, 0.15) is 37.7 Å². The minimum absolute atomic E-state index is 0.0883. The molecule has 4 heteroatoms. The van der Waals surface area contributed by atoms with Crippen LogP contribution < -0.4 is 5.43 Å². The van der Waals surface area contributed by atoms with E-state index in [1.165, 1.54) is 16.8 Å². The average Bonchev–Trinajstić information content (AvgIpc) is 2.22. The van der Waals surface area contributed by atoms with Gasteiger partial charge in [0.05, 0.1) is 11.9 Å². The number of aromatic hydroxyl groups is 1. The van der Waals surface area contributed by atoms with Crippen molar-refractivity contribution in [1.29, 1.82) is 0 Å². The van der Waals surface area contributed by atoms with Crippen molar-refractivity contribution in [2.24, 2.45) is 12.5 Å². The highest BCUT2D eigenvalue weighted by Gasteiger charge is 2.28. The number of aryl methyl sites for hydroxylation is 1. The number of pyridine rings is 1. The summed E-state index contributed by atoms with van der Waals surface area (Å²) in [4.78, 5) is 23.4. The molecular weight excluding hydrogens is 206 g/mol. The molecule has 0 aliphatic carbocycles. The van der Waals surface area contributed by atoms with Crippen molar-refractivity contribution in [3.05, 3.63) is 28.2 Å². The molecule has 1 aromatic heterocycles. The quantitative estimate of drug-likeness (QED) is 0.793. The van der Waals surface area contributed by atoms with E-state index in [1.54, 1.807) is 7.05 Å². The van der Waals surface area contributed by atoms with Gasteiger partial charge in [-0.3, -0.25) is 9.59 Å². The maximum atomic E-state index is 12.1. The summed E-state index contributed by atoms with van der Waals surface area (Å²) in [5.41, 5.74) is -0.691. The van der Waals surface area contributed by atoms with Crippen molar-refractivity contribution in [2.45, 2.75) is 27.2 Å². The van der Waals surface area contributed by atoms with Crippen molar-refractivity contribution in [3.8, 4) is 5.75 Å². The molecule has 0 aliphatic heterocycles. The molecule has 0 radical (unpaired) electrons. The highest BCUT2D eigenvalue weighted by atomic mass is 16.3. The first kappa shape index (κ1) is 12.5. The first-order valence-corrected chi connectivity index (χ1v) is 5.24. The lowest BCUT2D eigenvalue weighted by Crippen LogP contribution is -2.27. The smallest absolute Gasteiger partial charge is 0.223 e. The molecule has 0 unspecified atom stereocenters. The Hall–Kier alpha value is -1.58. The van der Waals surface area contributed by atoms with Crippen molar-refractivity contribution in [1.82, 2.24) is 4.57 Å². The Balaban J connectivity index is 3.30. The van der Waals surface area contributed by atoms with Crippen molar-refractivity contribution in [2.75, 3.05) is 0 Å². The third-order valence-electron chi connectivity index (χ3n) is 2.95. The monoisotopic (exact) mass is 223 g/mol. The van der Waals surface area contributed by atoms with Gasteiger partial charge in [0.2, 0.25) is 5.43 Å². The molecule has 1 rings (SSSR count). The van der Waals surface area contributed by atoms with Crippen LogP contribution in [-0.2, 0) is 7.05 Å². The molecular formula is C12H17NO3. The van der Waals surface area contributed by atoms with Crippen molar-refractivity contribution < 1.29 is 9.90 Å². The van der Waals surface area contributed by atoms with Gasteiger partial charge in [-0.2, -0.15) is 0 Å². The van der Waals surface area contributed by atoms with E-state index in [-0.39, 0.29) is 11.5 Å². The van der Waals surface area contributed by atoms with Crippen LogP contribution in [0.5, 0.6) is 5.75 Å². The molecule has 0 bridgehead atoms. The van der Waals surface area contributed by atoms with Crippen LogP contribution in [-0.4, -0.2) is 15.5 Å². The second kappa shape index (κ2) is 4.12. The van der Waals surface area contributed by atoms with Crippen LogP contribution in [0.4, 0.5) is 0 Å². The molecule has 4 nitrogen and oxygen atoms in total. The Kier molecular flexibility index (Phi) is 3.21. The lowest BCUT2D eigenvalue weighted by Gasteiger charge is -2.22. The second-order valence-corrected chi connectivity index (χ2v) is 4.59. The minimum atomic E-state index is -0.520. The molecule has 1 aromatic rings. The molecule has 0 fully saturated rings. The van der Waals surface area contributed by atoms with E-state index in [0.717, 1.165) is 0 Å². The minimum Gasteiger partial charge on any atom is -0.503 e. The van der Waals surface area contributed by atoms with Gasteiger partial charge in [0.25, 0.3) is 0 Å². The van der Waals surface area contributed by atoms with Gasteiger partial charge in [0.15, 0.2) is 11.5 Å². The average molecular weight is 223 g/mol. The van der Waals surface area contributed by atoms with E-state index >= 15 is 0 Å². The number of rotatable bonds is 3. The summed E-state index contributed by atoms with van der Waals surface area (Å²) in [6.07, 6.45) is 1.96. The zero-order chi connectivity index (χ0) is 12.5. The normalized spacial score (nSPS) is 11.5. The van der Waals surface area contributed by atoms with Crippen molar-refractivity contribution in [3.63, 3.8) is 0 Å². The summed E-state index contributed by atoms with van der Waals surface area (Å²) in [5.74, 6) is -0.428. The summed E-state index contributed by atoms with van der Waals surface area (Å²) >= 11 is 0. The molecule has 1 N–H and O–H groups in total. The van der Waals surface area contributed by atoms with E-state index < -0.39 is 10.8 Å². The fourth-order valence-corrected chi connectivity index (χ4v) is 1.35. The van der Waals surface area contributed by atoms with E-state index in [0.29, 0.717) is 12.1 Å². The number of Topliss-reactive ketones (excluding diaryl/α,β-unsaturated/α-hetero) is 1. The van der Waals surface area contributed by atoms with Gasteiger partial charge in [0, 0.05) is 18.5 Å². The van der Waals surface area contributed by atoms with Crippen LogP contribution in [0.2, 0.25) is 0 Å². The molecule has 1 heterocycles. The molecule has 88 valence electrons. The van der Waals surface area contributed by atoms with Crippen LogP contribution in [0.3, 0.4) is 0 Å². The van der Waals surface area contributed by atoms with Crippen LogP contribution in [0.15, 0.2) is 17.1 Å². The summed E-state index contributed by atoms with van der Waals surface area (Å²) < 4.78 is 1.48. The number of aromatic nitrogens is 1. The predicted octanol–water partition coefficient (Wildman–Crippen LogP) is 1.71. The molecule has 0 atom stereocenters. The first-order chi connectivity index (χ1) is 7.29. The maximum absolute atomic E-state index is 12.1. The molecule has 0 saturated carbocycles. The van der Waals surface area contributed by atoms with Crippen LogP contribution in [0, 0.1) is 5.41 Å². The fraction of sp³-hybridized carbons (Fsp3) is 0.500. The third kappa shape index (κ3) is 2.15. The van der Waals surface area contributed by atoms with Crippen LogP contribution in [0.25, 0.3) is 0 Å². The van der Waals surface area contributed by atoms with Crippen LogP contribution >= 0.6 is 0 Å². The number of carbonyl (C=O) groups excluding carboxylic acids is 1. The number of carbonyl (C=O) groups is 1. The Morgan fingerprint density at radius 3 is 2.56 bits per heavy atom. The standard InChI is InChI=1S/C12H17NO3/c1-5-12(2,3)11(16)8-6-9(14)10(15)7-13(8)4/h6-7,15H,5H2,1-4H3. The fourth-order valence-electron chi connectivity index (χ4n) is 1.35. The SMILES string of the molecule is CCC(C)(C)C(=O)c1cc(=O)c(O)cn1C. The summed E-state index contributed by atoms with van der Waals surface area (Å²) in [5, 5.41) is 9.22. The lowest BCUT2D eigenvalue weighted by molar-refractivity contribution is 0.0823. The van der Waals surface area contributed by atoms with E-state index in [2.05, 4.69) is 0 Å². The number of hydrogen-bond acceptors (Lipinski definition) is 3. The molecule has 0 aromatic carbocycles. The second-order valence-electron chi connectivity index (χ2n) is 4.59. The predicted molar refractivity (Wildman–Crippen MR) is 61.8 cm³/mol. The van der Waals surface area contributed by atoms with Gasteiger partial charge in [-0.15, -0.1) is 0 Å². The van der Waals surface area contributed by atoms with Gasteiger partial charge in [-0.25, -0.2) is 0 Å². The summed E-state index contributed by atoms with van der Waals surface area (Å²) in [6.45, 7) is 5.61. The van der Waals surface area contributed by atoms with Crippen molar-refractivity contribution >= 4 is 5.78 Å². The number of ketones is 1. The maximum Gasteiger partial charge on any atom is 0.223 e. The van der Waals surface area contributed by atoms with Gasteiger partial charge >= 0.3 is 0 Å². The largest absolute Gasteiger partial charge is 0.503 e. The molecule has 0 saturated heterocycles. The van der Waals surface area contributed by atoms with E-state index in [4.69, 9.17) is 0 Å². The Morgan fingerprint density at radius 2 is 2.06 bits per heavy atom. The molecule has 0 aliphatic rings. The molecule has 0 spiro atoms. The lowest BCUT2D eigenvalue weighted by atomic mass is 9.83. The first-order valence-electron chi connectivity index (χ1n) is 5.24. The highest BCUT2D eigenvalue weighted by Crippen LogP contribution is 2.25. The van der Waals surface area contributed by atoms with Gasteiger partial charge in [-0.05, 0) is 6.42 Å². The Morgan fingerprint density at radius 1 is 1.50 bits per heavy atom. The summed E-state index contributed by atoms with van der Waals surface area (Å²) in [7, 11) is 1.64. The zero-order valence-corrected chi connectivity index (χ0v) is 10.1. The molecule has 16 heavy (non-hydrogen) atoms.